The third kappa shape index (κ3) is 5.29. The van der Waals surface area contributed by atoms with E-state index in [0.29, 0.717) is 40.9 Å². The highest BCUT2D eigenvalue weighted by molar-refractivity contribution is 9.10. The molecular weight excluding hydrogens is 506 g/mol. The predicted molar refractivity (Wildman–Crippen MR) is 133 cm³/mol. The molecule has 33 heavy (non-hydrogen) atoms. The van der Waals surface area contributed by atoms with Crippen LogP contribution in [0.25, 0.3) is 6.08 Å². The van der Waals surface area contributed by atoms with Gasteiger partial charge in [0.05, 0.1) is 17.2 Å². The number of carbonyl (C=O) groups excluding carboxylic acids is 1. The lowest BCUT2D eigenvalue weighted by Gasteiger charge is -2.15. The Bertz CT molecular complexity index is 1270. The van der Waals surface area contributed by atoms with Crippen LogP contribution in [0.5, 0.6) is 11.5 Å². The quantitative estimate of drug-likeness (QED) is 0.253. The molecule has 0 fully saturated rings. The zero-order chi connectivity index (χ0) is 23.4. The van der Waals surface area contributed by atoms with Crippen molar-refractivity contribution in [3.8, 4) is 11.5 Å². The lowest BCUT2D eigenvalue weighted by Crippen LogP contribution is -2.06. The van der Waals surface area contributed by atoms with E-state index in [-0.39, 0.29) is 11.6 Å². The molecule has 1 aliphatic heterocycles. The third-order valence-electron chi connectivity index (χ3n) is 4.99. The molecule has 3 aromatic carbocycles. The van der Waals surface area contributed by atoms with Crippen molar-refractivity contribution < 1.29 is 19.0 Å². The van der Waals surface area contributed by atoms with Gasteiger partial charge in [0.25, 0.3) is 0 Å². The minimum atomic E-state index is -0.533. The first-order valence-corrected chi connectivity index (χ1v) is 11.5. The number of cyclic esters (lactones) is 1. The Morgan fingerprint density at radius 3 is 2.61 bits per heavy atom. The second-order valence-electron chi connectivity index (χ2n) is 7.29. The molecule has 0 aliphatic carbocycles. The molecule has 0 spiro atoms. The first-order chi connectivity index (χ1) is 16.0. The summed E-state index contributed by atoms with van der Waals surface area (Å²) >= 11 is 10.0. The van der Waals surface area contributed by atoms with Crippen LogP contribution in [0.1, 0.15) is 29.2 Å². The van der Waals surface area contributed by atoms with Crippen LogP contribution in [0, 0.1) is 6.92 Å². The third-order valence-corrected chi connectivity index (χ3v) is 5.97. The van der Waals surface area contributed by atoms with Crippen molar-refractivity contribution in [3.05, 3.63) is 98.1 Å². The predicted octanol–water partition coefficient (Wildman–Crippen LogP) is 6.73. The van der Waals surface area contributed by atoms with Gasteiger partial charge in [0, 0.05) is 4.47 Å². The number of hydrogen-bond acceptors (Lipinski definition) is 5. The van der Waals surface area contributed by atoms with Gasteiger partial charge >= 0.3 is 5.97 Å². The monoisotopic (exact) mass is 525 g/mol. The molecule has 0 amide bonds. The van der Waals surface area contributed by atoms with Gasteiger partial charge < -0.3 is 14.2 Å². The highest BCUT2D eigenvalue weighted by atomic mass is 79.9. The van der Waals surface area contributed by atoms with Gasteiger partial charge in [-0.3, -0.25) is 0 Å². The Kier molecular flexibility index (Phi) is 7.16. The Balaban J connectivity index is 1.63. The van der Waals surface area contributed by atoms with Crippen molar-refractivity contribution in [1.29, 1.82) is 0 Å². The van der Waals surface area contributed by atoms with E-state index < -0.39 is 5.97 Å². The van der Waals surface area contributed by atoms with Crippen molar-refractivity contribution in [2.75, 3.05) is 6.61 Å². The molecule has 1 heterocycles. The van der Waals surface area contributed by atoms with Gasteiger partial charge in [-0.15, -0.1) is 0 Å². The van der Waals surface area contributed by atoms with Gasteiger partial charge in [-0.25, -0.2) is 9.79 Å². The summed E-state index contributed by atoms with van der Waals surface area (Å²) in [6, 6.07) is 18.9. The summed E-state index contributed by atoms with van der Waals surface area (Å²) < 4.78 is 18.0. The zero-order valence-corrected chi connectivity index (χ0v) is 20.4. The van der Waals surface area contributed by atoms with E-state index >= 15 is 0 Å². The molecular formula is C26H21BrClNO4. The van der Waals surface area contributed by atoms with E-state index in [2.05, 4.69) is 20.9 Å². The molecule has 168 valence electrons. The molecule has 0 saturated carbocycles. The van der Waals surface area contributed by atoms with Crippen molar-refractivity contribution in [2.45, 2.75) is 20.5 Å². The maximum atomic E-state index is 12.4. The number of aryl methyl sites for hydroxylation is 1. The van der Waals surface area contributed by atoms with E-state index in [1.54, 1.807) is 18.2 Å². The number of hydrogen-bond donors (Lipinski definition) is 0. The Morgan fingerprint density at radius 2 is 1.85 bits per heavy atom. The summed E-state index contributed by atoms with van der Waals surface area (Å²) in [5.74, 6) is 0.657. The van der Waals surface area contributed by atoms with Gasteiger partial charge in [0.1, 0.15) is 6.61 Å². The summed E-state index contributed by atoms with van der Waals surface area (Å²) in [5.41, 5.74) is 3.71. The highest BCUT2D eigenvalue weighted by Gasteiger charge is 2.25. The van der Waals surface area contributed by atoms with Gasteiger partial charge in [0.2, 0.25) is 5.90 Å². The lowest BCUT2D eigenvalue weighted by molar-refractivity contribution is -0.129. The fourth-order valence-electron chi connectivity index (χ4n) is 3.31. The second-order valence-corrected chi connectivity index (χ2v) is 8.56. The average molecular weight is 527 g/mol. The summed E-state index contributed by atoms with van der Waals surface area (Å²) in [6.07, 6.45) is 1.62. The molecule has 0 radical (unpaired) electrons. The minimum absolute atomic E-state index is 0.174. The fourth-order valence-corrected chi connectivity index (χ4v) is 4.04. The van der Waals surface area contributed by atoms with Crippen LogP contribution in [0.3, 0.4) is 0 Å². The van der Waals surface area contributed by atoms with Gasteiger partial charge in [-0.05, 0) is 76.8 Å². The van der Waals surface area contributed by atoms with Gasteiger partial charge in [-0.1, -0.05) is 48.0 Å². The van der Waals surface area contributed by atoms with E-state index in [1.807, 2.05) is 62.4 Å². The molecule has 0 bridgehead atoms. The van der Waals surface area contributed by atoms with E-state index in [1.165, 1.54) is 0 Å². The van der Waals surface area contributed by atoms with Crippen LogP contribution in [-0.2, 0) is 16.1 Å². The first kappa shape index (κ1) is 23.1. The Labute approximate surface area is 205 Å². The number of nitrogens with zero attached hydrogens (tertiary/aromatic N) is 1. The van der Waals surface area contributed by atoms with E-state index in [9.17, 15) is 4.79 Å². The van der Waals surface area contributed by atoms with Crippen molar-refractivity contribution in [2.24, 2.45) is 4.99 Å². The van der Waals surface area contributed by atoms with Crippen LogP contribution >= 0.6 is 27.5 Å². The van der Waals surface area contributed by atoms with Gasteiger partial charge in [-0.2, -0.15) is 0 Å². The first-order valence-electron chi connectivity index (χ1n) is 10.4. The number of esters is 1. The smallest absolute Gasteiger partial charge is 0.363 e. The summed E-state index contributed by atoms with van der Waals surface area (Å²) in [7, 11) is 0. The number of carbonyl (C=O) groups is 1. The number of rotatable bonds is 7. The molecule has 1 aliphatic rings. The lowest BCUT2D eigenvalue weighted by atomic mass is 10.1. The molecule has 0 atom stereocenters. The number of halogens is 2. The molecule has 0 aromatic heterocycles. The minimum Gasteiger partial charge on any atom is -0.490 e. The summed E-state index contributed by atoms with van der Waals surface area (Å²) in [4.78, 5) is 16.8. The highest BCUT2D eigenvalue weighted by Crippen LogP contribution is 2.38. The van der Waals surface area contributed by atoms with Crippen molar-refractivity contribution in [1.82, 2.24) is 0 Å². The maximum Gasteiger partial charge on any atom is 0.363 e. The normalized spacial score (nSPS) is 14.2. The van der Waals surface area contributed by atoms with E-state index in [0.717, 1.165) is 15.6 Å². The van der Waals surface area contributed by atoms with E-state index in [4.69, 9.17) is 25.8 Å². The van der Waals surface area contributed by atoms with Crippen LogP contribution < -0.4 is 9.47 Å². The number of ether oxygens (including phenoxy) is 3. The summed E-state index contributed by atoms with van der Waals surface area (Å²) in [6.45, 7) is 4.71. The maximum absolute atomic E-state index is 12.4. The van der Waals surface area contributed by atoms with Crippen LogP contribution in [0.2, 0.25) is 5.02 Å². The number of aliphatic imine (C=N–C) groups is 1. The number of benzene rings is 3. The molecule has 0 unspecified atom stereocenters. The van der Waals surface area contributed by atoms with Crippen LogP contribution in [0.15, 0.2) is 75.8 Å². The van der Waals surface area contributed by atoms with Crippen LogP contribution in [-0.4, -0.2) is 18.5 Å². The summed E-state index contributed by atoms with van der Waals surface area (Å²) in [5, 5.41) is 0.378. The Hall–Kier alpha value is -3.09. The Morgan fingerprint density at radius 1 is 1.09 bits per heavy atom. The molecule has 0 N–H and O–H groups in total. The molecule has 4 rings (SSSR count). The topological polar surface area (TPSA) is 57.1 Å². The van der Waals surface area contributed by atoms with Crippen molar-refractivity contribution >= 4 is 45.5 Å². The van der Waals surface area contributed by atoms with Gasteiger partial charge in [0.15, 0.2) is 17.2 Å². The van der Waals surface area contributed by atoms with Crippen molar-refractivity contribution in [3.63, 3.8) is 0 Å². The second kappa shape index (κ2) is 10.2. The SMILES string of the molecule is CCOc1cc(/C=C2\N=C(c3ccccc3Br)OC2=O)cc(Cl)c1OCc1ccccc1C. The molecule has 7 heteroatoms. The van der Waals surface area contributed by atoms with Crippen LogP contribution in [0.4, 0.5) is 0 Å². The average Bonchev–Trinajstić information content (AvgIpc) is 3.14. The fraction of sp³-hybridized carbons (Fsp3) is 0.154. The zero-order valence-electron chi connectivity index (χ0n) is 18.1. The molecule has 5 nitrogen and oxygen atoms in total. The molecule has 3 aromatic rings. The standard InChI is InChI=1S/C26H21BrClNO4/c1-3-31-23-14-17(12-21(28)24(23)32-15-18-9-5-4-8-16(18)2)13-22-26(30)33-25(29-22)19-10-6-7-11-20(19)27/h4-14H,3,15H2,1-2H3/b22-13-. The molecule has 0 saturated heterocycles. The largest absolute Gasteiger partial charge is 0.490 e.